The molecule has 6 heteroatoms. The Kier molecular flexibility index (Phi) is 5.36. The van der Waals surface area contributed by atoms with E-state index in [1.807, 2.05) is 48.5 Å². The Morgan fingerprint density at radius 1 is 1.16 bits per heavy atom. The largest absolute Gasteiger partial charge is 0.484 e. The lowest BCUT2D eigenvalue weighted by Gasteiger charge is -2.06. The molecule has 124 valence electrons. The van der Waals surface area contributed by atoms with Crippen LogP contribution in [-0.2, 0) is 4.79 Å². The zero-order valence-corrected chi connectivity index (χ0v) is 15.2. The summed E-state index contributed by atoms with van der Waals surface area (Å²) in [5, 5.41) is 11.8. The van der Waals surface area contributed by atoms with Crippen LogP contribution in [0, 0.1) is 14.9 Å². The van der Waals surface area contributed by atoms with E-state index in [0.29, 0.717) is 11.5 Å². The molecule has 0 bridgehead atoms. The van der Waals surface area contributed by atoms with E-state index in [0.717, 1.165) is 9.13 Å². The van der Waals surface area contributed by atoms with Crippen LogP contribution in [-0.4, -0.2) is 12.5 Å². The first-order valence-corrected chi connectivity index (χ1v) is 8.51. The molecular formula is C19H13IN2O3. The molecule has 0 aliphatic carbocycles. The van der Waals surface area contributed by atoms with E-state index in [1.54, 1.807) is 18.2 Å². The lowest BCUT2D eigenvalue weighted by Crippen LogP contribution is -2.20. The minimum Gasteiger partial charge on any atom is -0.484 e. The third kappa shape index (κ3) is 4.39. The number of carbonyl (C=O) groups excluding carboxylic acids is 1. The highest BCUT2D eigenvalue weighted by molar-refractivity contribution is 14.1. The van der Waals surface area contributed by atoms with Gasteiger partial charge in [0.2, 0.25) is 5.88 Å². The molecule has 0 aliphatic rings. The topological polar surface area (TPSA) is 75.3 Å². The number of rotatable bonds is 5. The molecule has 0 unspecified atom stereocenters. The van der Waals surface area contributed by atoms with Gasteiger partial charge >= 0.3 is 0 Å². The second-order valence-corrected chi connectivity index (χ2v) is 6.37. The maximum atomic E-state index is 12.1. The van der Waals surface area contributed by atoms with E-state index in [4.69, 9.17) is 9.15 Å². The van der Waals surface area contributed by atoms with Gasteiger partial charge < -0.3 is 9.15 Å². The molecule has 0 fully saturated rings. The average Bonchev–Trinajstić information content (AvgIpc) is 3.05. The molecule has 0 atom stereocenters. The first-order chi connectivity index (χ1) is 12.2. The minimum absolute atomic E-state index is 0.123. The van der Waals surface area contributed by atoms with Crippen LogP contribution in [0.25, 0.3) is 11.3 Å². The van der Waals surface area contributed by atoms with Gasteiger partial charge in [-0.05, 0) is 46.9 Å². The van der Waals surface area contributed by atoms with Crippen LogP contribution in [0.4, 0.5) is 5.88 Å². The molecule has 0 saturated carbocycles. The highest BCUT2D eigenvalue weighted by Gasteiger charge is 2.15. The quantitative estimate of drug-likeness (QED) is 0.591. The summed E-state index contributed by atoms with van der Waals surface area (Å²) in [4.78, 5) is 12.1. The molecule has 0 aliphatic heterocycles. The Hall–Kier alpha value is -2.79. The number of hydrogen-bond donors (Lipinski definition) is 1. The van der Waals surface area contributed by atoms with E-state index in [9.17, 15) is 10.1 Å². The second-order valence-electron chi connectivity index (χ2n) is 5.12. The second kappa shape index (κ2) is 7.85. The van der Waals surface area contributed by atoms with Gasteiger partial charge in [0.1, 0.15) is 23.1 Å². The molecule has 5 nitrogen and oxygen atoms in total. The Bertz CT molecular complexity index is 912. The average molecular weight is 444 g/mol. The summed E-state index contributed by atoms with van der Waals surface area (Å²) in [6, 6.07) is 20.3. The number of nitrogens with one attached hydrogen (secondary N) is 1. The van der Waals surface area contributed by atoms with Crippen molar-refractivity contribution in [2.75, 3.05) is 11.9 Å². The normalized spacial score (nSPS) is 10.1. The Balaban J connectivity index is 1.67. The maximum Gasteiger partial charge on any atom is 0.264 e. The van der Waals surface area contributed by atoms with Gasteiger partial charge in [0, 0.05) is 15.2 Å². The maximum absolute atomic E-state index is 12.1. The highest BCUT2D eigenvalue weighted by Crippen LogP contribution is 2.28. The number of benzene rings is 2. The number of carbonyl (C=O) groups is 1. The summed E-state index contributed by atoms with van der Waals surface area (Å²) in [5.41, 5.74) is 1.09. The lowest BCUT2D eigenvalue weighted by atomic mass is 10.1. The van der Waals surface area contributed by atoms with Gasteiger partial charge in [0.15, 0.2) is 6.61 Å². The predicted octanol–water partition coefficient (Wildman–Crippen LogP) is 4.44. The summed E-state index contributed by atoms with van der Waals surface area (Å²) >= 11 is 2.19. The van der Waals surface area contributed by atoms with Gasteiger partial charge in [-0.3, -0.25) is 10.1 Å². The number of hydrogen-bond acceptors (Lipinski definition) is 4. The molecule has 2 aromatic carbocycles. The van der Waals surface area contributed by atoms with Crippen LogP contribution in [0.15, 0.2) is 65.1 Å². The molecule has 1 N–H and O–H groups in total. The van der Waals surface area contributed by atoms with Crippen molar-refractivity contribution in [3.05, 3.63) is 69.8 Å². The molecule has 3 rings (SSSR count). The van der Waals surface area contributed by atoms with Gasteiger partial charge in [0.25, 0.3) is 5.91 Å². The number of ether oxygens (including phenoxy) is 1. The number of furan rings is 1. The van der Waals surface area contributed by atoms with Gasteiger partial charge in [-0.2, -0.15) is 5.26 Å². The Labute approximate surface area is 158 Å². The van der Waals surface area contributed by atoms with E-state index in [2.05, 4.69) is 27.9 Å². The fourth-order valence-electron chi connectivity index (χ4n) is 2.15. The fourth-order valence-corrected chi connectivity index (χ4v) is 2.51. The van der Waals surface area contributed by atoms with Crippen LogP contribution < -0.4 is 10.1 Å². The number of amides is 1. The van der Waals surface area contributed by atoms with Crippen molar-refractivity contribution in [1.82, 2.24) is 0 Å². The summed E-state index contributed by atoms with van der Waals surface area (Å²) in [5.74, 6) is 0.841. The third-order valence-corrected chi connectivity index (χ3v) is 4.07. The molecular weight excluding hydrogens is 431 g/mol. The van der Waals surface area contributed by atoms with Crippen molar-refractivity contribution in [3.63, 3.8) is 0 Å². The van der Waals surface area contributed by atoms with Gasteiger partial charge in [-0.15, -0.1) is 0 Å². The molecule has 25 heavy (non-hydrogen) atoms. The molecule has 3 aromatic rings. The Morgan fingerprint density at radius 2 is 1.88 bits per heavy atom. The molecule has 0 radical (unpaired) electrons. The third-order valence-electron chi connectivity index (χ3n) is 3.35. The van der Waals surface area contributed by atoms with Gasteiger partial charge in [0.05, 0.1) is 0 Å². The molecule has 1 aromatic heterocycles. The van der Waals surface area contributed by atoms with Crippen molar-refractivity contribution in [3.8, 4) is 23.1 Å². The molecule has 0 spiro atoms. The van der Waals surface area contributed by atoms with E-state index < -0.39 is 5.91 Å². The van der Waals surface area contributed by atoms with Crippen LogP contribution in [0.2, 0.25) is 0 Å². The van der Waals surface area contributed by atoms with Crippen molar-refractivity contribution in [2.24, 2.45) is 0 Å². The van der Waals surface area contributed by atoms with Crippen molar-refractivity contribution >= 4 is 34.4 Å². The van der Waals surface area contributed by atoms with E-state index in [-0.39, 0.29) is 18.1 Å². The summed E-state index contributed by atoms with van der Waals surface area (Å²) in [6.07, 6.45) is 0. The van der Waals surface area contributed by atoms with E-state index in [1.165, 1.54) is 0 Å². The first kappa shape index (κ1) is 17.0. The van der Waals surface area contributed by atoms with Gasteiger partial charge in [-0.25, -0.2) is 0 Å². The number of halogens is 1. The van der Waals surface area contributed by atoms with Crippen LogP contribution in [0.5, 0.6) is 5.75 Å². The zero-order valence-electron chi connectivity index (χ0n) is 13.0. The van der Waals surface area contributed by atoms with Crippen LogP contribution in [0.3, 0.4) is 0 Å². The fraction of sp³-hybridized carbons (Fsp3) is 0.0526. The van der Waals surface area contributed by atoms with Crippen molar-refractivity contribution in [1.29, 1.82) is 5.26 Å². The lowest BCUT2D eigenvalue weighted by molar-refractivity contribution is -0.118. The molecule has 0 saturated heterocycles. The SMILES string of the molecule is N#Cc1cc(-c2ccccc2)oc1NC(=O)COc1ccc(I)cc1. The first-order valence-electron chi connectivity index (χ1n) is 7.43. The van der Waals surface area contributed by atoms with Gasteiger partial charge in [-0.1, -0.05) is 30.3 Å². The van der Waals surface area contributed by atoms with Crippen molar-refractivity contribution < 1.29 is 13.9 Å². The number of anilines is 1. The van der Waals surface area contributed by atoms with Crippen LogP contribution in [0.1, 0.15) is 5.56 Å². The number of nitrogens with zero attached hydrogens (tertiary/aromatic N) is 1. The minimum atomic E-state index is -0.399. The summed E-state index contributed by atoms with van der Waals surface area (Å²) < 4.78 is 12.1. The smallest absolute Gasteiger partial charge is 0.264 e. The zero-order chi connectivity index (χ0) is 17.6. The standard InChI is InChI=1S/C19H13IN2O3/c20-15-6-8-16(9-7-15)24-12-18(23)22-19-14(11-21)10-17(25-19)13-4-2-1-3-5-13/h1-10H,12H2,(H,22,23). The predicted molar refractivity (Wildman–Crippen MR) is 102 cm³/mol. The summed E-state index contributed by atoms with van der Waals surface area (Å²) in [7, 11) is 0. The van der Waals surface area contributed by atoms with E-state index >= 15 is 0 Å². The van der Waals surface area contributed by atoms with Crippen LogP contribution >= 0.6 is 22.6 Å². The van der Waals surface area contributed by atoms with Crippen molar-refractivity contribution in [2.45, 2.75) is 0 Å². The monoisotopic (exact) mass is 444 g/mol. The Morgan fingerprint density at radius 3 is 2.56 bits per heavy atom. The number of nitriles is 1. The molecule has 1 amide bonds. The highest BCUT2D eigenvalue weighted by atomic mass is 127. The summed E-state index contributed by atoms with van der Waals surface area (Å²) in [6.45, 7) is -0.174. The molecule has 1 heterocycles.